The van der Waals surface area contributed by atoms with E-state index in [0.717, 1.165) is 24.1 Å². The van der Waals surface area contributed by atoms with E-state index in [1.54, 1.807) is 17.8 Å². The van der Waals surface area contributed by atoms with E-state index >= 15 is 0 Å². The van der Waals surface area contributed by atoms with E-state index in [-0.39, 0.29) is 5.25 Å². The molecule has 0 saturated carbocycles. The summed E-state index contributed by atoms with van der Waals surface area (Å²) in [5.74, 6) is 0. The van der Waals surface area contributed by atoms with Crippen molar-refractivity contribution in [1.82, 2.24) is 10.0 Å². The molecular formula is C15H26N2O2S2. The molecule has 6 heteroatoms. The van der Waals surface area contributed by atoms with E-state index in [2.05, 4.69) is 17.0 Å². The average Bonchev–Trinajstić information content (AvgIpc) is 2.46. The van der Waals surface area contributed by atoms with Crippen molar-refractivity contribution < 1.29 is 8.42 Å². The number of nitrogens with one attached hydrogen (secondary N) is 2. The quantitative estimate of drug-likeness (QED) is 0.683. The fraction of sp³-hybridized carbons (Fsp3) is 0.600. The Morgan fingerprint density at radius 2 is 2.05 bits per heavy atom. The molecule has 0 aliphatic rings. The summed E-state index contributed by atoms with van der Waals surface area (Å²) in [5.41, 5.74) is 1.77. The van der Waals surface area contributed by atoms with Gasteiger partial charge in [0, 0.05) is 18.3 Å². The Bertz CT molecular complexity index is 545. The molecule has 21 heavy (non-hydrogen) atoms. The highest BCUT2D eigenvalue weighted by Gasteiger charge is 2.17. The number of rotatable bonds is 9. The van der Waals surface area contributed by atoms with Crippen molar-refractivity contribution in [2.45, 2.75) is 43.9 Å². The van der Waals surface area contributed by atoms with Crippen LogP contribution >= 0.6 is 11.8 Å². The summed E-state index contributed by atoms with van der Waals surface area (Å²) in [5, 5.41) is 3.55. The van der Waals surface area contributed by atoms with Gasteiger partial charge in [0.05, 0.1) is 4.90 Å². The van der Waals surface area contributed by atoms with Crippen molar-refractivity contribution in [3.8, 4) is 0 Å². The zero-order chi connectivity index (χ0) is 15.9. The minimum atomic E-state index is -3.44. The van der Waals surface area contributed by atoms with E-state index in [1.165, 1.54) is 0 Å². The van der Waals surface area contributed by atoms with E-state index < -0.39 is 10.0 Å². The Kier molecular flexibility index (Phi) is 7.73. The van der Waals surface area contributed by atoms with E-state index in [0.29, 0.717) is 18.0 Å². The third-order valence-electron chi connectivity index (χ3n) is 3.26. The Labute approximate surface area is 133 Å². The number of aryl methyl sites for hydroxylation is 1. The topological polar surface area (TPSA) is 58.2 Å². The normalized spacial score (nSPS) is 13.3. The summed E-state index contributed by atoms with van der Waals surface area (Å²) >= 11 is 1.64. The third kappa shape index (κ3) is 5.98. The van der Waals surface area contributed by atoms with Gasteiger partial charge in [-0.25, -0.2) is 13.1 Å². The Morgan fingerprint density at radius 1 is 1.33 bits per heavy atom. The summed E-state index contributed by atoms with van der Waals surface area (Å²) in [7, 11) is -3.44. The first-order chi connectivity index (χ1) is 9.90. The first-order valence-electron chi connectivity index (χ1n) is 7.23. The number of sulfonamides is 1. The maximum absolute atomic E-state index is 12.4. The number of hydrogen-bond donors (Lipinski definition) is 2. The molecule has 0 aliphatic heterocycles. The van der Waals surface area contributed by atoms with E-state index in [9.17, 15) is 8.42 Å². The van der Waals surface area contributed by atoms with Crippen LogP contribution in [-0.4, -0.2) is 33.0 Å². The molecule has 0 aliphatic carbocycles. The molecule has 0 aromatic heterocycles. The van der Waals surface area contributed by atoms with E-state index in [1.807, 2.05) is 32.2 Å². The minimum absolute atomic E-state index is 0.259. The van der Waals surface area contributed by atoms with Gasteiger partial charge in [-0.3, -0.25) is 0 Å². The van der Waals surface area contributed by atoms with Crippen LogP contribution in [0.25, 0.3) is 0 Å². The maximum Gasteiger partial charge on any atom is 0.240 e. The van der Waals surface area contributed by atoms with Crippen molar-refractivity contribution in [3.63, 3.8) is 0 Å². The molecule has 1 aromatic carbocycles. The van der Waals surface area contributed by atoms with Gasteiger partial charge in [0.2, 0.25) is 10.0 Å². The van der Waals surface area contributed by atoms with Crippen molar-refractivity contribution >= 4 is 21.8 Å². The van der Waals surface area contributed by atoms with Crippen LogP contribution in [0.4, 0.5) is 0 Å². The van der Waals surface area contributed by atoms with Crippen molar-refractivity contribution in [1.29, 1.82) is 0 Å². The molecule has 0 heterocycles. The average molecular weight is 331 g/mol. The van der Waals surface area contributed by atoms with Gasteiger partial charge >= 0.3 is 0 Å². The Hall–Kier alpha value is -0.560. The molecule has 1 atom stereocenters. The van der Waals surface area contributed by atoms with Crippen LogP contribution in [-0.2, 0) is 16.6 Å². The molecule has 0 fully saturated rings. The van der Waals surface area contributed by atoms with Gasteiger partial charge in [0.15, 0.2) is 0 Å². The summed E-state index contributed by atoms with van der Waals surface area (Å²) in [6.45, 7) is 8.01. The molecule has 0 amide bonds. The second-order valence-corrected chi connectivity index (χ2v) is 8.19. The minimum Gasteiger partial charge on any atom is -0.313 e. The van der Waals surface area contributed by atoms with Crippen LogP contribution in [0.2, 0.25) is 0 Å². The molecular weight excluding hydrogens is 304 g/mol. The van der Waals surface area contributed by atoms with Crippen LogP contribution < -0.4 is 10.0 Å². The van der Waals surface area contributed by atoms with Crippen LogP contribution in [0, 0.1) is 6.92 Å². The van der Waals surface area contributed by atoms with Gasteiger partial charge in [-0.2, -0.15) is 11.8 Å². The van der Waals surface area contributed by atoms with Gasteiger partial charge in [-0.1, -0.05) is 26.0 Å². The molecule has 1 rings (SSSR count). The first kappa shape index (κ1) is 18.5. The largest absolute Gasteiger partial charge is 0.313 e. The lowest BCUT2D eigenvalue weighted by Crippen LogP contribution is -2.30. The van der Waals surface area contributed by atoms with Crippen LogP contribution in [0.15, 0.2) is 23.1 Å². The highest BCUT2D eigenvalue weighted by Crippen LogP contribution is 2.17. The lowest BCUT2D eigenvalue weighted by Gasteiger charge is -2.13. The van der Waals surface area contributed by atoms with Gasteiger partial charge in [-0.15, -0.1) is 0 Å². The number of thioether (sulfide) groups is 1. The standard InChI is InChI=1S/C15H26N2O2S2/c1-5-8-16-11-14-7-6-12(2)15(9-14)21(18,19)17-10-13(3)20-4/h6-7,9,13,16-17H,5,8,10-11H2,1-4H3. The summed E-state index contributed by atoms with van der Waals surface area (Å²) in [6.07, 6.45) is 3.04. The van der Waals surface area contributed by atoms with Gasteiger partial charge in [0.25, 0.3) is 0 Å². The number of hydrogen-bond acceptors (Lipinski definition) is 4. The Morgan fingerprint density at radius 3 is 2.67 bits per heavy atom. The fourth-order valence-electron chi connectivity index (χ4n) is 1.84. The smallest absolute Gasteiger partial charge is 0.240 e. The van der Waals surface area contributed by atoms with Crippen molar-refractivity contribution in [2.75, 3.05) is 19.3 Å². The molecule has 4 nitrogen and oxygen atoms in total. The van der Waals surface area contributed by atoms with Crippen LogP contribution in [0.5, 0.6) is 0 Å². The fourth-order valence-corrected chi connectivity index (χ4v) is 3.62. The molecule has 0 saturated heterocycles. The first-order valence-corrected chi connectivity index (χ1v) is 10.0. The molecule has 0 radical (unpaired) electrons. The highest BCUT2D eigenvalue weighted by atomic mass is 32.2. The molecule has 2 N–H and O–H groups in total. The predicted octanol–water partition coefficient (Wildman–Crippen LogP) is 2.52. The van der Waals surface area contributed by atoms with Crippen LogP contribution in [0.3, 0.4) is 0 Å². The lowest BCUT2D eigenvalue weighted by atomic mass is 10.1. The summed E-state index contributed by atoms with van der Waals surface area (Å²) in [6, 6.07) is 5.61. The molecule has 1 aromatic rings. The van der Waals surface area contributed by atoms with Gasteiger partial charge in [-0.05, 0) is 43.3 Å². The molecule has 0 spiro atoms. The van der Waals surface area contributed by atoms with Gasteiger partial charge < -0.3 is 5.32 Å². The third-order valence-corrected chi connectivity index (χ3v) is 5.80. The monoisotopic (exact) mass is 330 g/mol. The van der Waals surface area contributed by atoms with E-state index in [4.69, 9.17) is 0 Å². The van der Waals surface area contributed by atoms with Crippen molar-refractivity contribution in [3.05, 3.63) is 29.3 Å². The zero-order valence-electron chi connectivity index (χ0n) is 13.3. The molecule has 1 unspecified atom stereocenters. The van der Waals surface area contributed by atoms with Crippen LogP contribution in [0.1, 0.15) is 31.4 Å². The number of benzene rings is 1. The molecule has 0 bridgehead atoms. The Balaban J connectivity index is 2.86. The predicted molar refractivity (Wildman–Crippen MR) is 91.3 cm³/mol. The van der Waals surface area contributed by atoms with Gasteiger partial charge in [0.1, 0.15) is 0 Å². The highest BCUT2D eigenvalue weighted by molar-refractivity contribution is 7.99. The lowest BCUT2D eigenvalue weighted by molar-refractivity contribution is 0.580. The second-order valence-electron chi connectivity index (χ2n) is 5.17. The maximum atomic E-state index is 12.4. The summed E-state index contributed by atoms with van der Waals surface area (Å²) < 4.78 is 27.5. The zero-order valence-corrected chi connectivity index (χ0v) is 14.9. The second kappa shape index (κ2) is 8.78. The SMILES string of the molecule is CCCNCc1ccc(C)c(S(=O)(=O)NCC(C)SC)c1. The molecule has 120 valence electrons. The summed E-state index contributed by atoms with van der Waals surface area (Å²) in [4.78, 5) is 0.381. The van der Waals surface area contributed by atoms with Crippen molar-refractivity contribution in [2.24, 2.45) is 0 Å².